The van der Waals surface area contributed by atoms with E-state index < -0.39 is 121 Å². The molecule has 0 bridgehead atoms. The lowest BCUT2D eigenvalue weighted by molar-refractivity contribution is 1.65. The molecule has 0 aliphatic carbocycles. The van der Waals surface area contributed by atoms with Gasteiger partial charge in [0.2, 0.25) is 0 Å². The van der Waals surface area contributed by atoms with Crippen molar-refractivity contribution in [1.29, 1.82) is 0 Å². The molecule has 0 spiro atoms. The maximum absolute atomic E-state index is 9.32. The first-order chi connectivity index (χ1) is 28.2. The topological polar surface area (TPSA) is 0 Å². The maximum atomic E-state index is 9.32. The van der Waals surface area contributed by atoms with Crippen LogP contribution in [0.3, 0.4) is 0 Å². The first-order valence-electron chi connectivity index (χ1n) is 22.3. The normalized spacial score (nSPS) is 19.0. The monoisotopic (exact) mass is 524 g/mol. The molecule has 0 aromatic heterocycles. The van der Waals surface area contributed by atoms with Crippen molar-refractivity contribution in [2.45, 2.75) is 0 Å². The fourth-order valence-corrected chi connectivity index (χ4v) is 5.43. The fourth-order valence-electron chi connectivity index (χ4n) is 5.43. The van der Waals surface area contributed by atoms with E-state index in [0.717, 1.165) is 0 Å². The summed E-state index contributed by atoms with van der Waals surface area (Å²) in [4.78, 5) is 0. The summed E-state index contributed by atoms with van der Waals surface area (Å²) in [5.41, 5.74) is 0.222. The molecule has 40 heavy (non-hydrogen) atoms. The van der Waals surface area contributed by atoms with Crippen molar-refractivity contribution in [3.05, 3.63) is 145 Å². The van der Waals surface area contributed by atoms with Crippen molar-refractivity contribution < 1.29 is 27.4 Å². The third kappa shape index (κ3) is 3.02. The van der Waals surface area contributed by atoms with E-state index in [1.54, 1.807) is 0 Å². The highest BCUT2D eigenvalue weighted by Gasteiger charge is 2.14. The molecule has 0 aliphatic rings. The molecular formula is C40H24. The zero-order valence-electron chi connectivity index (χ0n) is 40.3. The van der Waals surface area contributed by atoms with E-state index in [1.165, 1.54) is 24.3 Å². The van der Waals surface area contributed by atoms with Crippen LogP contribution in [-0.2, 0) is 0 Å². The lowest BCUT2D eigenvalue weighted by atomic mass is 9.88. The lowest BCUT2D eigenvalue weighted by Crippen LogP contribution is -1.89. The van der Waals surface area contributed by atoms with Crippen molar-refractivity contribution in [2.24, 2.45) is 0 Å². The molecule has 9 aromatic rings. The molecule has 0 aliphatic heterocycles. The van der Waals surface area contributed by atoms with Crippen molar-refractivity contribution in [3.63, 3.8) is 0 Å². The molecule has 0 radical (unpaired) electrons. The zero-order valence-corrected chi connectivity index (χ0v) is 20.3. The second-order valence-electron chi connectivity index (χ2n) is 9.33. The second kappa shape index (κ2) is 8.15. The SMILES string of the molecule is [2H]c1c([2H])c([2H])c2c([2H])c3c(c([2H])c([2H])c4c([2H])c([2H])c([2H])c([2H])c43)c(-c3ccc(-c4c([2H])c([2H])c5c([2H])c([2H])c6c([2H])c([2H])c([2H])c7c([2H])c([2H])c4c5c67)cc3)c2c1[2H]. The van der Waals surface area contributed by atoms with Gasteiger partial charge in [0.05, 0.1) is 27.4 Å². The Labute approximate surface area is 260 Å². The molecular weight excluding hydrogens is 480 g/mol. The minimum absolute atomic E-state index is 0.00126. The molecule has 0 amide bonds. The Bertz CT molecular complexity index is 3500. The third-order valence-electron chi connectivity index (χ3n) is 7.21. The molecule has 184 valence electrons. The maximum Gasteiger partial charge on any atom is 0.0636 e. The Balaban J connectivity index is 1.45. The van der Waals surface area contributed by atoms with Gasteiger partial charge in [0.15, 0.2) is 0 Å². The van der Waals surface area contributed by atoms with Gasteiger partial charge in [-0.25, -0.2) is 0 Å². The molecule has 0 nitrogen and oxygen atoms in total. The summed E-state index contributed by atoms with van der Waals surface area (Å²) in [6.45, 7) is 0. The van der Waals surface area contributed by atoms with Crippen LogP contribution in [0.1, 0.15) is 27.4 Å². The van der Waals surface area contributed by atoms with Crippen LogP contribution in [-0.4, -0.2) is 0 Å². The van der Waals surface area contributed by atoms with Crippen LogP contribution in [0.4, 0.5) is 0 Å². The van der Waals surface area contributed by atoms with Gasteiger partial charge in [0.25, 0.3) is 0 Å². The minimum Gasteiger partial charge on any atom is -0.0616 e. The highest BCUT2D eigenvalue weighted by atomic mass is 14.2. The van der Waals surface area contributed by atoms with Crippen LogP contribution < -0.4 is 0 Å². The Hall–Kier alpha value is -5.20. The van der Waals surface area contributed by atoms with Gasteiger partial charge in [-0.1, -0.05) is 139 Å². The molecule has 0 atom stereocenters. The molecule has 0 unspecified atom stereocenters. The molecule has 9 rings (SSSR count). The van der Waals surface area contributed by atoms with Crippen LogP contribution in [0.25, 0.3) is 86.9 Å². The summed E-state index contributed by atoms with van der Waals surface area (Å²) in [7, 11) is 0. The summed E-state index contributed by atoms with van der Waals surface area (Å²) < 4.78 is 176. The lowest BCUT2D eigenvalue weighted by Gasteiger charge is -2.16. The van der Waals surface area contributed by atoms with Gasteiger partial charge in [0, 0.05) is 0 Å². The van der Waals surface area contributed by atoms with Crippen molar-refractivity contribution in [2.75, 3.05) is 0 Å². The minimum atomic E-state index is -0.682. The summed E-state index contributed by atoms with van der Waals surface area (Å²) in [6.07, 6.45) is 0. The molecule has 9 aromatic carbocycles. The summed E-state index contributed by atoms with van der Waals surface area (Å²) in [6, 6.07) is -5.85. The van der Waals surface area contributed by atoms with Gasteiger partial charge >= 0.3 is 0 Å². The van der Waals surface area contributed by atoms with Gasteiger partial charge in [-0.05, 0) is 92.9 Å². The van der Waals surface area contributed by atoms with Crippen molar-refractivity contribution in [3.8, 4) is 22.3 Å². The Morgan fingerprint density at radius 1 is 0.350 bits per heavy atom. The van der Waals surface area contributed by atoms with Crippen LogP contribution in [0.2, 0.25) is 0 Å². The zero-order chi connectivity index (χ0) is 43.6. The van der Waals surface area contributed by atoms with Crippen LogP contribution in [0.15, 0.2) is 145 Å². The first kappa shape index (κ1) is 10.1. The quantitative estimate of drug-likeness (QED) is 0.156. The predicted octanol–water partition coefficient (Wildman–Crippen LogP) is 11.4. The van der Waals surface area contributed by atoms with Gasteiger partial charge in [-0.2, -0.15) is 0 Å². The standard InChI is InChI=1S/C40H24/c1-3-10-32-25(6-1)18-22-36-37(32)24-31-7-2-4-11-34(31)39(36)29-14-12-26(13-15-29)33-21-19-30-17-16-27-8-5-9-28-20-23-35(33)40(30)38(27)28/h1-24H/i1D,2D,3D,4D,5D,6D,7D,8D,9D,10D,11D,16D,17D,18D,19D,20D,21D,22D,23D,24D. The van der Waals surface area contributed by atoms with Gasteiger partial charge in [0.1, 0.15) is 0 Å². The predicted molar refractivity (Wildman–Crippen MR) is 174 cm³/mol. The number of fused-ring (bicyclic) bond motifs is 4. The van der Waals surface area contributed by atoms with E-state index in [9.17, 15) is 2.74 Å². The van der Waals surface area contributed by atoms with Crippen LogP contribution >= 0.6 is 0 Å². The molecule has 0 fully saturated rings. The van der Waals surface area contributed by atoms with Gasteiger partial charge in [-0.15, -0.1) is 0 Å². The van der Waals surface area contributed by atoms with Gasteiger partial charge < -0.3 is 0 Å². The van der Waals surface area contributed by atoms with E-state index in [0.29, 0.717) is 0 Å². The molecule has 0 N–H and O–H groups in total. The average Bonchev–Trinajstić information content (AvgIpc) is 3.22. The van der Waals surface area contributed by atoms with Crippen LogP contribution in [0, 0.1) is 0 Å². The molecule has 0 saturated carbocycles. The number of hydrogen-bond acceptors (Lipinski definition) is 0. The Kier molecular flexibility index (Phi) is 2.05. The summed E-state index contributed by atoms with van der Waals surface area (Å²) in [5, 5.41) is -2.31. The number of hydrogen-bond donors (Lipinski definition) is 0. The highest BCUT2D eigenvalue weighted by molar-refractivity contribution is 6.25. The number of rotatable bonds is 2. The van der Waals surface area contributed by atoms with Crippen molar-refractivity contribution >= 4 is 64.6 Å². The largest absolute Gasteiger partial charge is 0.0636 e. The van der Waals surface area contributed by atoms with Gasteiger partial charge in [-0.3, -0.25) is 0 Å². The number of benzene rings is 9. The molecule has 0 saturated heterocycles. The fraction of sp³-hybridized carbons (Fsp3) is 0. The highest BCUT2D eigenvalue weighted by Crippen LogP contribution is 2.42. The van der Waals surface area contributed by atoms with E-state index in [1.807, 2.05) is 0 Å². The Morgan fingerprint density at radius 2 is 0.925 bits per heavy atom. The van der Waals surface area contributed by atoms with E-state index in [2.05, 4.69) is 0 Å². The van der Waals surface area contributed by atoms with Crippen molar-refractivity contribution in [1.82, 2.24) is 0 Å². The second-order valence-corrected chi connectivity index (χ2v) is 9.33. The average molecular weight is 525 g/mol. The Morgan fingerprint density at radius 3 is 1.75 bits per heavy atom. The van der Waals surface area contributed by atoms with E-state index >= 15 is 0 Å². The molecule has 0 heteroatoms. The molecule has 0 heterocycles. The summed E-state index contributed by atoms with van der Waals surface area (Å²) >= 11 is 0. The third-order valence-corrected chi connectivity index (χ3v) is 7.21. The van der Waals surface area contributed by atoms with Crippen LogP contribution in [0.5, 0.6) is 0 Å². The smallest absolute Gasteiger partial charge is 0.0616 e. The van der Waals surface area contributed by atoms with E-state index in [4.69, 9.17) is 24.7 Å². The first-order valence-corrected chi connectivity index (χ1v) is 12.3. The summed E-state index contributed by atoms with van der Waals surface area (Å²) in [5.74, 6) is 0. The van der Waals surface area contributed by atoms with E-state index in [-0.39, 0.29) is 86.9 Å².